The summed E-state index contributed by atoms with van der Waals surface area (Å²) in [6.45, 7) is 2.98. The van der Waals surface area contributed by atoms with Crippen molar-refractivity contribution in [3.05, 3.63) is 23.2 Å². The number of carbonyl (C=O) groups is 1. The summed E-state index contributed by atoms with van der Waals surface area (Å²) >= 11 is 5.95. The quantitative estimate of drug-likeness (QED) is 0.896. The largest absolute Gasteiger partial charge is 0.495 e. The lowest BCUT2D eigenvalue weighted by Gasteiger charge is -2.27. The van der Waals surface area contributed by atoms with Gasteiger partial charge in [0.1, 0.15) is 5.75 Å². The molecule has 2 atom stereocenters. The lowest BCUT2D eigenvalue weighted by atomic mass is 9.92. The molecule has 0 aliphatic carbocycles. The van der Waals surface area contributed by atoms with E-state index in [0.717, 1.165) is 19.4 Å². The third-order valence-electron chi connectivity index (χ3n) is 3.41. The van der Waals surface area contributed by atoms with Crippen molar-refractivity contribution in [1.82, 2.24) is 5.32 Å². The summed E-state index contributed by atoms with van der Waals surface area (Å²) in [5.74, 6) is 0.702. The van der Waals surface area contributed by atoms with E-state index in [4.69, 9.17) is 16.3 Å². The van der Waals surface area contributed by atoms with E-state index in [0.29, 0.717) is 22.5 Å². The number of piperidine rings is 1. The lowest BCUT2D eigenvalue weighted by molar-refractivity contribution is -0.120. The van der Waals surface area contributed by atoms with Gasteiger partial charge >= 0.3 is 0 Å². The van der Waals surface area contributed by atoms with Gasteiger partial charge in [0.25, 0.3) is 0 Å². The molecule has 0 saturated carbocycles. The third kappa shape index (κ3) is 3.61. The van der Waals surface area contributed by atoms with Gasteiger partial charge < -0.3 is 15.4 Å². The molecule has 1 saturated heterocycles. The van der Waals surface area contributed by atoms with Crippen molar-refractivity contribution in [3.63, 3.8) is 0 Å². The van der Waals surface area contributed by atoms with Gasteiger partial charge in [-0.05, 0) is 44.5 Å². The number of hydrogen-bond donors (Lipinski definition) is 2. The summed E-state index contributed by atoms with van der Waals surface area (Å²) < 4.78 is 5.22. The SMILES string of the molecule is COc1ccc(Cl)cc1NC(=O)C1CCNC(C)C1. The van der Waals surface area contributed by atoms with Gasteiger partial charge in [-0.25, -0.2) is 0 Å². The monoisotopic (exact) mass is 282 g/mol. The van der Waals surface area contributed by atoms with Crippen molar-refractivity contribution >= 4 is 23.2 Å². The first-order valence-electron chi connectivity index (χ1n) is 6.48. The number of rotatable bonds is 3. The Bertz CT molecular complexity index is 465. The molecule has 104 valence electrons. The van der Waals surface area contributed by atoms with Crippen molar-refractivity contribution in [3.8, 4) is 5.75 Å². The molecular weight excluding hydrogens is 264 g/mol. The Morgan fingerprint density at radius 2 is 2.32 bits per heavy atom. The van der Waals surface area contributed by atoms with E-state index in [1.54, 1.807) is 25.3 Å². The molecule has 0 radical (unpaired) electrons. The maximum Gasteiger partial charge on any atom is 0.227 e. The molecule has 2 N–H and O–H groups in total. The second kappa shape index (κ2) is 6.26. The molecule has 1 aromatic carbocycles. The Hall–Kier alpha value is -1.26. The number of halogens is 1. The molecular formula is C14H19ClN2O2. The smallest absolute Gasteiger partial charge is 0.227 e. The molecule has 1 aliphatic rings. The molecule has 19 heavy (non-hydrogen) atoms. The van der Waals surface area contributed by atoms with Gasteiger partial charge in [0.15, 0.2) is 0 Å². The van der Waals surface area contributed by atoms with Crippen molar-refractivity contribution in [1.29, 1.82) is 0 Å². The lowest BCUT2D eigenvalue weighted by Crippen LogP contribution is -2.40. The molecule has 2 rings (SSSR count). The van der Waals surface area contributed by atoms with E-state index in [2.05, 4.69) is 17.6 Å². The summed E-state index contributed by atoms with van der Waals surface area (Å²) in [4.78, 5) is 12.3. The van der Waals surface area contributed by atoms with Gasteiger partial charge in [0.2, 0.25) is 5.91 Å². The van der Waals surface area contributed by atoms with Crippen LogP contribution >= 0.6 is 11.6 Å². The van der Waals surface area contributed by atoms with Crippen LogP contribution in [0.5, 0.6) is 5.75 Å². The Morgan fingerprint density at radius 3 is 3.00 bits per heavy atom. The molecule has 4 nitrogen and oxygen atoms in total. The zero-order valence-electron chi connectivity index (χ0n) is 11.2. The number of ether oxygens (including phenoxy) is 1. The molecule has 0 bridgehead atoms. The van der Waals surface area contributed by atoms with Crippen molar-refractivity contribution in [2.75, 3.05) is 19.0 Å². The number of nitrogens with one attached hydrogen (secondary N) is 2. The van der Waals surface area contributed by atoms with E-state index in [9.17, 15) is 4.79 Å². The van der Waals surface area contributed by atoms with Gasteiger partial charge in [-0.3, -0.25) is 4.79 Å². The van der Waals surface area contributed by atoms with Gasteiger partial charge in [-0.1, -0.05) is 11.6 Å². The molecule has 5 heteroatoms. The third-order valence-corrected chi connectivity index (χ3v) is 3.65. The predicted molar refractivity (Wildman–Crippen MR) is 76.8 cm³/mol. The fourth-order valence-electron chi connectivity index (χ4n) is 2.38. The molecule has 1 amide bonds. The molecule has 0 spiro atoms. The Balaban J connectivity index is 2.07. The first kappa shape index (κ1) is 14.2. The molecule has 1 aliphatic heterocycles. The highest BCUT2D eigenvalue weighted by Gasteiger charge is 2.25. The Kier molecular flexibility index (Phi) is 4.66. The summed E-state index contributed by atoms with van der Waals surface area (Å²) in [5.41, 5.74) is 0.631. The van der Waals surface area contributed by atoms with Crippen LogP contribution in [-0.2, 0) is 4.79 Å². The minimum absolute atomic E-state index is 0.0360. The zero-order chi connectivity index (χ0) is 13.8. The maximum atomic E-state index is 12.3. The van der Waals surface area contributed by atoms with Crippen LogP contribution in [0.2, 0.25) is 5.02 Å². The van der Waals surface area contributed by atoms with Crippen LogP contribution in [0.15, 0.2) is 18.2 Å². The van der Waals surface area contributed by atoms with Crippen LogP contribution in [-0.4, -0.2) is 25.6 Å². The van der Waals surface area contributed by atoms with Crippen LogP contribution in [0.3, 0.4) is 0 Å². The Labute approximate surface area is 118 Å². The summed E-state index contributed by atoms with van der Waals surface area (Å²) in [5, 5.41) is 6.83. The summed E-state index contributed by atoms with van der Waals surface area (Å²) in [6.07, 6.45) is 1.72. The van der Waals surface area contributed by atoms with Gasteiger partial charge in [0, 0.05) is 17.0 Å². The second-order valence-electron chi connectivity index (χ2n) is 4.91. The topological polar surface area (TPSA) is 50.4 Å². The van der Waals surface area contributed by atoms with E-state index >= 15 is 0 Å². The first-order chi connectivity index (χ1) is 9.10. The van der Waals surface area contributed by atoms with E-state index in [1.165, 1.54) is 0 Å². The number of amides is 1. The van der Waals surface area contributed by atoms with Crippen LogP contribution in [0, 0.1) is 5.92 Å². The average Bonchev–Trinajstić information content (AvgIpc) is 2.39. The summed E-state index contributed by atoms with van der Waals surface area (Å²) in [6, 6.07) is 5.58. The fraction of sp³-hybridized carbons (Fsp3) is 0.500. The van der Waals surface area contributed by atoms with E-state index < -0.39 is 0 Å². The number of hydrogen-bond acceptors (Lipinski definition) is 3. The highest BCUT2D eigenvalue weighted by molar-refractivity contribution is 6.31. The second-order valence-corrected chi connectivity index (χ2v) is 5.35. The normalized spacial score (nSPS) is 22.9. The summed E-state index contributed by atoms with van der Waals surface area (Å²) in [7, 11) is 1.57. The maximum absolute atomic E-state index is 12.3. The van der Waals surface area contributed by atoms with E-state index in [1.807, 2.05) is 0 Å². The highest BCUT2D eigenvalue weighted by atomic mass is 35.5. The van der Waals surface area contributed by atoms with Crippen LogP contribution in [0.25, 0.3) is 0 Å². The minimum atomic E-state index is 0.0360. The number of carbonyl (C=O) groups excluding carboxylic acids is 1. The van der Waals surface area contributed by atoms with Crippen molar-refractivity contribution in [2.24, 2.45) is 5.92 Å². The van der Waals surface area contributed by atoms with Crippen molar-refractivity contribution in [2.45, 2.75) is 25.8 Å². The van der Waals surface area contributed by atoms with Crippen LogP contribution in [0.1, 0.15) is 19.8 Å². The van der Waals surface area contributed by atoms with Gasteiger partial charge in [0.05, 0.1) is 12.8 Å². The first-order valence-corrected chi connectivity index (χ1v) is 6.85. The van der Waals surface area contributed by atoms with Gasteiger partial charge in [-0.15, -0.1) is 0 Å². The average molecular weight is 283 g/mol. The fourth-order valence-corrected chi connectivity index (χ4v) is 2.55. The molecule has 1 heterocycles. The Morgan fingerprint density at radius 1 is 1.53 bits per heavy atom. The van der Waals surface area contributed by atoms with E-state index in [-0.39, 0.29) is 11.8 Å². The standard InChI is InChI=1S/C14H19ClN2O2/c1-9-7-10(5-6-16-9)14(18)17-12-8-11(15)3-4-13(12)19-2/h3-4,8-10,16H,5-7H2,1-2H3,(H,17,18). The highest BCUT2D eigenvalue weighted by Crippen LogP contribution is 2.29. The number of anilines is 1. The zero-order valence-corrected chi connectivity index (χ0v) is 12.0. The number of benzene rings is 1. The van der Waals surface area contributed by atoms with Gasteiger partial charge in [-0.2, -0.15) is 0 Å². The molecule has 2 unspecified atom stereocenters. The molecule has 1 fully saturated rings. The number of methoxy groups -OCH3 is 1. The molecule has 0 aromatic heterocycles. The minimum Gasteiger partial charge on any atom is -0.495 e. The molecule has 1 aromatic rings. The van der Waals surface area contributed by atoms with Crippen LogP contribution in [0.4, 0.5) is 5.69 Å². The van der Waals surface area contributed by atoms with Crippen LogP contribution < -0.4 is 15.4 Å². The van der Waals surface area contributed by atoms with Crippen molar-refractivity contribution < 1.29 is 9.53 Å². The predicted octanol–water partition coefficient (Wildman–Crippen LogP) is 2.68.